The summed E-state index contributed by atoms with van der Waals surface area (Å²) >= 11 is 0. The average molecular weight is 331 g/mol. The molecule has 0 aliphatic carbocycles. The standard InChI is InChI=1S/C18H25N3O3/c22-18(20-11-3-1-2-4-12-20)15-9-13-19(14-10-15)16-5-7-17(8-6-16)21(23)24/h5-8,15H,1-4,9-14H2. The number of carbonyl (C=O) groups is 1. The minimum absolute atomic E-state index is 0.116. The topological polar surface area (TPSA) is 66.7 Å². The predicted octanol–water partition coefficient (Wildman–Crippen LogP) is 3.21. The van der Waals surface area contributed by atoms with Gasteiger partial charge in [-0.2, -0.15) is 0 Å². The van der Waals surface area contributed by atoms with Gasteiger partial charge in [0.25, 0.3) is 5.69 Å². The van der Waals surface area contributed by atoms with Gasteiger partial charge in [0.05, 0.1) is 4.92 Å². The number of nitro benzene ring substituents is 1. The summed E-state index contributed by atoms with van der Waals surface area (Å²) in [4.78, 5) is 27.3. The van der Waals surface area contributed by atoms with E-state index in [4.69, 9.17) is 0 Å². The van der Waals surface area contributed by atoms with E-state index in [-0.39, 0.29) is 16.5 Å². The van der Waals surface area contributed by atoms with E-state index in [9.17, 15) is 14.9 Å². The van der Waals surface area contributed by atoms with Crippen molar-refractivity contribution < 1.29 is 9.72 Å². The summed E-state index contributed by atoms with van der Waals surface area (Å²) in [6, 6.07) is 6.69. The Bertz CT molecular complexity index is 572. The van der Waals surface area contributed by atoms with Crippen LogP contribution in [-0.4, -0.2) is 41.9 Å². The number of rotatable bonds is 3. The number of likely N-dealkylation sites (tertiary alicyclic amines) is 1. The molecule has 2 aliphatic rings. The summed E-state index contributed by atoms with van der Waals surface area (Å²) in [5.41, 5.74) is 1.12. The summed E-state index contributed by atoms with van der Waals surface area (Å²) in [5.74, 6) is 0.470. The van der Waals surface area contributed by atoms with Crippen molar-refractivity contribution in [1.29, 1.82) is 0 Å². The van der Waals surface area contributed by atoms with Crippen LogP contribution in [0.2, 0.25) is 0 Å². The Morgan fingerprint density at radius 1 is 0.958 bits per heavy atom. The SMILES string of the molecule is O=C(C1CCN(c2ccc([N+](=O)[O-])cc2)CC1)N1CCCCCC1. The summed E-state index contributed by atoms with van der Waals surface area (Å²) < 4.78 is 0. The molecule has 0 unspecified atom stereocenters. The Morgan fingerprint density at radius 2 is 1.54 bits per heavy atom. The van der Waals surface area contributed by atoms with Gasteiger partial charge in [0.1, 0.15) is 0 Å². The van der Waals surface area contributed by atoms with Crippen LogP contribution < -0.4 is 4.90 Å². The van der Waals surface area contributed by atoms with E-state index in [1.807, 2.05) is 0 Å². The Morgan fingerprint density at radius 3 is 2.08 bits per heavy atom. The molecule has 6 nitrogen and oxygen atoms in total. The molecule has 24 heavy (non-hydrogen) atoms. The van der Waals surface area contributed by atoms with Gasteiger partial charge in [-0.3, -0.25) is 14.9 Å². The summed E-state index contributed by atoms with van der Waals surface area (Å²) in [7, 11) is 0. The smallest absolute Gasteiger partial charge is 0.269 e. The van der Waals surface area contributed by atoms with Crippen molar-refractivity contribution in [3.8, 4) is 0 Å². The van der Waals surface area contributed by atoms with Gasteiger partial charge in [-0.15, -0.1) is 0 Å². The number of amides is 1. The molecule has 3 rings (SSSR count). The van der Waals surface area contributed by atoms with Crippen LogP contribution in [0.15, 0.2) is 24.3 Å². The Labute approximate surface area is 142 Å². The zero-order valence-electron chi connectivity index (χ0n) is 14.0. The maximum atomic E-state index is 12.7. The number of nitro groups is 1. The fourth-order valence-electron chi connectivity index (χ4n) is 3.72. The first kappa shape index (κ1) is 16.7. The molecule has 2 fully saturated rings. The van der Waals surface area contributed by atoms with Gasteiger partial charge in [-0.05, 0) is 37.8 Å². The maximum absolute atomic E-state index is 12.7. The molecule has 1 aromatic rings. The van der Waals surface area contributed by atoms with E-state index in [2.05, 4.69) is 9.80 Å². The minimum atomic E-state index is -0.379. The Kier molecular flexibility index (Phi) is 5.33. The van der Waals surface area contributed by atoms with Crippen molar-refractivity contribution in [2.75, 3.05) is 31.1 Å². The van der Waals surface area contributed by atoms with Gasteiger partial charge in [-0.1, -0.05) is 12.8 Å². The molecule has 2 saturated heterocycles. The fraction of sp³-hybridized carbons (Fsp3) is 0.611. The van der Waals surface area contributed by atoms with Crippen LogP contribution in [0.4, 0.5) is 11.4 Å². The Balaban J connectivity index is 1.55. The molecule has 130 valence electrons. The molecular weight excluding hydrogens is 306 g/mol. The molecular formula is C18H25N3O3. The second-order valence-corrected chi connectivity index (χ2v) is 6.77. The highest BCUT2D eigenvalue weighted by Gasteiger charge is 2.29. The minimum Gasteiger partial charge on any atom is -0.371 e. The largest absolute Gasteiger partial charge is 0.371 e. The second-order valence-electron chi connectivity index (χ2n) is 6.77. The van der Waals surface area contributed by atoms with E-state index in [0.717, 1.165) is 57.5 Å². The van der Waals surface area contributed by atoms with Gasteiger partial charge < -0.3 is 9.80 Å². The summed E-state index contributed by atoms with van der Waals surface area (Å²) in [6.45, 7) is 3.51. The molecule has 1 amide bonds. The average Bonchev–Trinajstić information content (AvgIpc) is 2.91. The van der Waals surface area contributed by atoms with Gasteiger partial charge in [-0.25, -0.2) is 0 Å². The maximum Gasteiger partial charge on any atom is 0.269 e. The van der Waals surface area contributed by atoms with E-state index in [0.29, 0.717) is 5.91 Å². The molecule has 2 heterocycles. The lowest BCUT2D eigenvalue weighted by atomic mass is 9.94. The van der Waals surface area contributed by atoms with Gasteiger partial charge in [0, 0.05) is 49.9 Å². The number of hydrogen-bond acceptors (Lipinski definition) is 4. The number of non-ortho nitro benzene ring substituents is 1. The second kappa shape index (κ2) is 7.64. The zero-order valence-corrected chi connectivity index (χ0v) is 14.0. The first-order chi connectivity index (χ1) is 11.6. The molecule has 6 heteroatoms. The number of piperidine rings is 1. The molecule has 2 aliphatic heterocycles. The third kappa shape index (κ3) is 3.86. The fourth-order valence-corrected chi connectivity index (χ4v) is 3.72. The molecule has 0 bridgehead atoms. The third-order valence-corrected chi connectivity index (χ3v) is 5.19. The van der Waals surface area contributed by atoms with Gasteiger partial charge in [0.2, 0.25) is 5.91 Å². The number of hydrogen-bond donors (Lipinski definition) is 0. The Hall–Kier alpha value is -2.11. The van der Waals surface area contributed by atoms with Crippen LogP contribution in [0.1, 0.15) is 38.5 Å². The zero-order chi connectivity index (χ0) is 16.9. The van der Waals surface area contributed by atoms with Crippen LogP contribution in [0, 0.1) is 16.0 Å². The normalized spacial score (nSPS) is 19.8. The molecule has 0 saturated carbocycles. The summed E-state index contributed by atoms with van der Waals surface area (Å²) in [5, 5.41) is 10.7. The number of nitrogens with zero attached hydrogens (tertiary/aromatic N) is 3. The number of benzene rings is 1. The number of anilines is 1. The van der Waals surface area contributed by atoms with Gasteiger partial charge >= 0.3 is 0 Å². The molecule has 0 N–H and O–H groups in total. The van der Waals surface area contributed by atoms with Crippen LogP contribution in [0.5, 0.6) is 0 Å². The van der Waals surface area contributed by atoms with Crippen molar-refractivity contribution in [1.82, 2.24) is 4.90 Å². The molecule has 0 atom stereocenters. The highest BCUT2D eigenvalue weighted by Crippen LogP contribution is 2.26. The highest BCUT2D eigenvalue weighted by atomic mass is 16.6. The first-order valence-corrected chi connectivity index (χ1v) is 8.93. The quantitative estimate of drug-likeness (QED) is 0.630. The predicted molar refractivity (Wildman–Crippen MR) is 93.1 cm³/mol. The lowest BCUT2D eigenvalue weighted by Gasteiger charge is -2.35. The molecule has 0 radical (unpaired) electrons. The lowest BCUT2D eigenvalue weighted by Crippen LogP contribution is -2.43. The highest BCUT2D eigenvalue weighted by molar-refractivity contribution is 5.79. The lowest BCUT2D eigenvalue weighted by molar-refractivity contribution is -0.384. The van der Waals surface area contributed by atoms with E-state index in [1.54, 1.807) is 24.3 Å². The van der Waals surface area contributed by atoms with Crippen molar-refractivity contribution >= 4 is 17.3 Å². The van der Waals surface area contributed by atoms with Gasteiger partial charge in [0.15, 0.2) is 0 Å². The van der Waals surface area contributed by atoms with Crippen LogP contribution in [0.25, 0.3) is 0 Å². The first-order valence-electron chi connectivity index (χ1n) is 8.93. The van der Waals surface area contributed by atoms with Crippen molar-refractivity contribution in [2.45, 2.75) is 38.5 Å². The third-order valence-electron chi connectivity index (χ3n) is 5.19. The van der Waals surface area contributed by atoms with Crippen LogP contribution >= 0.6 is 0 Å². The molecule has 0 spiro atoms. The van der Waals surface area contributed by atoms with Crippen molar-refractivity contribution in [3.63, 3.8) is 0 Å². The van der Waals surface area contributed by atoms with Crippen molar-refractivity contribution in [3.05, 3.63) is 34.4 Å². The van der Waals surface area contributed by atoms with E-state index in [1.165, 1.54) is 12.8 Å². The van der Waals surface area contributed by atoms with E-state index < -0.39 is 0 Å². The molecule has 1 aromatic carbocycles. The van der Waals surface area contributed by atoms with Crippen LogP contribution in [-0.2, 0) is 4.79 Å². The monoisotopic (exact) mass is 331 g/mol. The number of carbonyl (C=O) groups excluding carboxylic acids is 1. The van der Waals surface area contributed by atoms with Crippen molar-refractivity contribution in [2.24, 2.45) is 5.92 Å². The summed E-state index contributed by atoms with van der Waals surface area (Å²) in [6.07, 6.45) is 6.48. The van der Waals surface area contributed by atoms with E-state index >= 15 is 0 Å². The molecule has 0 aromatic heterocycles. The van der Waals surface area contributed by atoms with Crippen LogP contribution in [0.3, 0.4) is 0 Å².